The summed E-state index contributed by atoms with van der Waals surface area (Å²) in [5.41, 5.74) is 0. The Labute approximate surface area is 117 Å². The highest BCUT2D eigenvalue weighted by Gasteiger charge is 2.42. The lowest BCUT2D eigenvalue weighted by molar-refractivity contribution is -0.141. The Morgan fingerprint density at radius 3 is 2.65 bits per heavy atom. The van der Waals surface area contributed by atoms with Crippen LogP contribution in [-0.2, 0) is 24.3 Å². The first-order valence-corrected chi connectivity index (χ1v) is 8.01. The van der Waals surface area contributed by atoms with Gasteiger partial charge in [0.15, 0.2) is 0 Å². The average Bonchev–Trinajstić information content (AvgIpc) is 2.41. The Balaban J connectivity index is 2.21. The SMILES string of the molecule is O=C(O)CC1C(=O)NCCN1S(=O)(=O)C1CCOCC1. The van der Waals surface area contributed by atoms with Crippen LogP contribution in [0.4, 0.5) is 0 Å². The van der Waals surface area contributed by atoms with Gasteiger partial charge in [0.1, 0.15) is 6.04 Å². The Bertz CT molecular complexity index is 485. The van der Waals surface area contributed by atoms with Crippen molar-refractivity contribution in [3.05, 3.63) is 0 Å². The van der Waals surface area contributed by atoms with Crippen molar-refractivity contribution in [3.63, 3.8) is 0 Å². The summed E-state index contributed by atoms with van der Waals surface area (Å²) in [4.78, 5) is 22.6. The van der Waals surface area contributed by atoms with Crippen LogP contribution in [0.3, 0.4) is 0 Å². The van der Waals surface area contributed by atoms with E-state index in [0.717, 1.165) is 4.31 Å². The van der Waals surface area contributed by atoms with E-state index in [4.69, 9.17) is 9.84 Å². The molecule has 2 fully saturated rings. The number of hydrogen-bond donors (Lipinski definition) is 2. The van der Waals surface area contributed by atoms with Crippen LogP contribution in [0.25, 0.3) is 0 Å². The fourth-order valence-corrected chi connectivity index (χ4v) is 4.57. The van der Waals surface area contributed by atoms with Gasteiger partial charge in [0.25, 0.3) is 0 Å². The molecule has 0 aromatic carbocycles. The molecule has 2 saturated heterocycles. The topological polar surface area (TPSA) is 113 Å². The highest BCUT2D eigenvalue weighted by molar-refractivity contribution is 7.89. The molecular formula is C11H18N2O6S. The molecule has 0 aromatic heterocycles. The van der Waals surface area contributed by atoms with Crippen molar-refractivity contribution in [1.29, 1.82) is 0 Å². The van der Waals surface area contributed by atoms with Crippen molar-refractivity contribution in [2.75, 3.05) is 26.3 Å². The van der Waals surface area contributed by atoms with Crippen LogP contribution in [0, 0.1) is 0 Å². The van der Waals surface area contributed by atoms with E-state index in [1.54, 1.807) is 0 Å². The maximum Gasteiger partial charge on any atom is 0.305 e. The van der Waals surface area contributed by atoms with E-state index >= 15 is 0 Å². The number of ether oxygens (including phenoxy) is 1. The number of carboxylic acid groups (broad SMARTS) is 1. The van der Waals surface area contributed by atoms with Crippen LogP contribution in [0.1, 0.15) is 19.3 Å². The van der Waals surface area contributed by atoms with Crippen LogP contribution < -0.4 is 5.32 Å². The highest BCUT2D eigenvalue weighted by atomic mass is 32.2. The minimum absolute atomic E-state index is 0.114. The van der Waals surface area contributed by atoms with Gasteiger partial charge in [0, 0.05) is 26.3 Å². The average molecular weight is 306 g/mol. The van der Waals surface area contributed by atoms with E-state index in [-0.39, 0.29) is 13.1 Å². The molecule has 0 aliphatic carbocycles. The minimum atomic E-state index is -3.68. The summed E-state index contributed by atoms with van der Waals surface area (Å²) < 4.78 is 31.3. The van der Waals surface area contributed by atoms with Gasteiger partial charge >= 0.3 is 5.97 Å². The van der Waals surface area contributed by atoms with E-state index in [2.05, 4.69) is 5.32 Å². The number of piperazine rings is 1. The van der Waals surface area contributed by atoms with E-state index in [1.165, 1.54) is 0 Å². The fraction of sp³-hybridized carbons (Fsp3) is 0.818. The third-order valence-corrected chi connectivity index (χ3v) is 5.97. The summed E-state index contributed by atoms with van der Waals surface area (Å²) in [7, 11) is -3.68. The lowest BCUT2D eigenvalue weighted by atomic mass is 10.1. The smallest absolute Gasteiger partial charge is 0.305 e. The fourth-order valence-electron chi connectivity index (χ4n) is 2.52. The Morgan fingerprint density at radius 1 is 1.40 bits per heavy atom. The molecule has 0 radical (unpaired) electrons. The molecule has 1 atom stereocenters. The molecule has 2 rings (SSSR count). The third kappa shape index (κ3) is 3.10. The number of amides is 1. The molecule has 8 nitrogen and oxygen atoms in total. The van der Waals surface area contributed by atoms with E-state index in [9.17, 15) is 18.0 Å². The predicted molar refractivity (Wildman–Crippen MR) is 68.5 cm³/mol. The van der Waals surface area contributed by atoms with Gasteiger partial charge in [-0.05, 0) is 12.8 Å². The van der Waals surface area contributed by atoms with Gasteiger partial charge in [-0.2, -0.15) is 4.31 Å². The molecule has 2 aliphatic rings. The molecule has 1 amide bonds. The number of rotatable bonds is 4. The summed E-state index contributed by atoms with van der Waals surface area (Å²) in [6.07, 6.45) is 0.231. The van der Waals surface area contributed by atoms with Crippen molar-refractivity contribution in [3.8, 4) is 0 Å². The van der Waals surface area contributed by atoms with Crippen molar-refractivity contribution < 1.29 is 27.9 Å². The molecule has 20 heavy (non-hydrogen) atoms. The number of sulfonamides is 1. The first kappa shape index (κ1) is 15.2. The quantitative estimate of drug-likeness (QED) is 0.672. The van der Waals surface area contributed by atoms with Crippen molar-refractivity contribution in [2.24, 2.45) is 0 Å². The number of nitrogens with one attached hydrogen (secondary N) is 1. The Kier molecular flexibility index (Phi) is 4.61. The van der Waals surface area contributed by atoms with Crippen LogP contribution in [0.2, 0.25) is 0 Å². The maximum atomic E-state index is 12.6. The first-order valence-electron chi connectivity index (χ1n) is 6.51. The summed E-state index contributed by atoms with van der Waals surface area (Å²) >= 11 is 0. The zero-order chi connectivity index (χ0) is 14.8. The van der Waals surface area contributed by atoms with Crippen LogP contribution >= 0.6 is 0 Å². The van der Waals surface area contributed by atoms with Gasteiger partial charge in [-0.15, -0.1) is 0 Å². The van der Waals surface area contributed by atoms with Gasteiger partial charge in [-0.1, -0.05) is 0 Å². The predicted octanol–water partition coefficient (Wildman–Crippen LogP) is -1.23. The first-order chi connectivity index (χ1) is 9.43. The van der Waals surface area contributed by atoms with Crippen LogP contribution in [0.5, 0.6) is 0 Å². The largest absolute Gasteiger partial charge is 0.481 e. The second-order valence-electron chi connectivity index (χ2n) is 4.87. The lowest BCUT2D eigenvalue weighted by Crippen LogP contribution is -2.59. The van der Waals surface area contributed by atoms with Crippen molar-refractivity contribution >= 4 is 21.9 Å². The third-order valence-electron chi connectivity index (χ3n) is 3.57. The minimum Gasteiger partial charge on any atom is -0.481 e. The monoisotopic (exact) mass is 306 g/mol. The molecule has 0 aromatic rings. The van der Waals surface area contributed by atoms with Gasteiger partial charge < -0.3 is 15.2 Å². The molecular weight excluding hydrogens is 288 g/mol. The highest BCUT2D eigenvalue weighted by Crippen LogP contribution is 2.23. The number of carbonyl (C=O) groups excluding carboxylic acids is 1. The lowest BCUT2D eigenvalue weighted by Gasteiger charge is -2.36. The number of nitrogens with zero attached hydrogens (tertiary/aromatic N) is 1. The number of hydrogen-bond acceptors (Lipinski definition) is 5. The van der Waals surface area contributed by atoms with Crippen molar-refractivity contribution in [1.82, 2.24) is 9.62 Å². The maximum absolute atomic E-state index is 12.6. The molecule has 9 heteroatoms. The zero-order valence-corrected chi connectivity index (χ0v) is 11.8. The molecule has 114 valence electrons. The van der Waals surface area contributed by atoms with E-state index in [1.807, 2.05) is 0 Å². The standard InChI is InChI=1S/C11H18N2O6S/c14-10(15)7-9-11(16)12-3-4-13(9)20(17,18)8-1-5-19-6-2-8/h8-9H,1-7H2,(H,12,16)(H,14,15). The summed E-state index contributed by atoms with van der Waals surface area (Å²) in [6.45, 7) is 1.06. The van der Waals surface area contributed by atoms with E-state index < -0.39 is 39.6 Å². The molecule has 2 N–H and O–H groups in total. The molecule has 1 unspecified atom stereocenters. The van der Waals surface area contributed by atoms with Gasteiger partial charge in [0.2, 0.25) is 15.9 Å². The van der Waals surface area contributed by atoms with E-state index in [0.29, 0.717) is 26.1 Å². The summed E-state index contributed by atoms with van der Waals surface area (Å²) in [5.74, 6) is -1.74. The molecule has 0 spiro atoms. The number of carbonyl (C=O) groups is 2. The van der Waals surface area contributed by atoms with Gasteiger partial charge in [-0.25, -0.2) is 8.42 Å². The summed E-state index contributed by atoms with van der Waals surface area (Å²) in [6, 6.07) is -1.16. The van der Waals surface area contributed by atoms with Crippen LogP contribution in [0.15, 0.2) is 0 Å². The van der Waals surface area contributed by atoms with Gasteiger partial charge in [0.05, 0.1) is 11.7 Å². The zero-order valence-electron chi connectivity index (χ0n) is 10.9. The Hall–Kier alpha value is -1.19. The number of carboxylic acids is 1. The molecule has 0 saturated carbocycles. The molecule has 0 bridgehead atoms. The van der Waals surface area contributed by atoms with Crippen molar-refractivity contribution in [2.45, 2.75) is 30.6 Å². The number of aliphatic carboxylic acids is 1. The summed E-state index contributed by atoms with van der Waals surface area (Å²) in [5, 5.41) is 10.8. The van der Waals surface area contributed by atoms with Crippen LogP contribution in [-0.4, -0.2) is 67.3 Å². The molecule has 2 aliphatic heterocycles. The second-order valence-corrected chi connectivity index (χ2v) is 7.04. The van der Waals surface area contributed by atoms with Gasteiger partial charge in [-0.3, -0.25) is 9.59 Å². The normalized spacial score (nSPS) is 26.2. The Morgan fingerprint density at radius 2 is 2.05 bits per heavy atom. The second kappa shape index (κ2) is 6.06. The molecule has 2 heterocycles.